The summed E-state index contributed by atoms with van der Waals surface area (Å²) < 4.78 is 1.52. The van der Waals surface area contributed by atoms with Gasteiger partial charge in [0, 0.05) is 31.8 Å². The zero-order valence-electron chi connectivity index (χ0n) is 12.2. The monoisotopic (exact) mass is 325 g/mol. The van der Waals surface area contributed by atoms with Crippen LogP contribution in [0.4, 0.5) is 4.79 Å². The predicted octanol–water partition coefficient (Wildman–Crippen LogP) is 0.0631. The topological polar surface area (TPSA) is 96.3 Å². The number of aromatic nitrogens is 2. The highest BCUT2D eigenvalue weighted by Gasteiger charge is 2.27. The number of aryl methyl sites for hydroxylation is 2. The van der Waals surface area contributed by atoms with E-state index in [-0.39, 0.29) is 31.4 Å². The van der Waals surface area contributed by atoms with E-state index in [4.69, 9.17) is 11.6 Å². The van der Waals surface area contributed by atoms with Gasteiger partial charge >= 0.3 is 6.03 Å². The standard InChI is InChI=1S/C13H16ClN5O3/c1-8-9(12(14)18(2)17-8)3-4-10(20)15-5-6-19-11(21)7-16-13(19)22/h3-4H,5-7H2,1-2H3,(H,15,20)(H,16,22). The minimum atomic E-state index is -0.437. The summed E-state index contributed by atoms with van der Waals surface area (Å²) in [4.78, 5) is 35.4. The second-order valence-corrected chi connectivity index (χ2v) is 5.10. The van der Waals surface area contributed by atoms with Crippen molar-refractivity contribution < 1.29 is 14.4 Å². The predicted molar refractivity (Wildman–Crippen MR) is 80.1 cm³/mol. The van der Waals surface area contributed by atoms with Gasteiger partial charge < -0.3 is 10.6 Å². The summed E-state index contributed by atoms with van der Waals surface area (Å²) >= 11 is 6.05. The van der Waals surface area contributed by atoms with Crippen LogP contribution in [0.5, 0.6) is 0 Å². The summed E-state index contributed by atoms with van der Waals surface area (Å²) in [6.45, 7) is 2.12. The van der Waals surface area contributed by atoms with Crippen molar-refractivity contribution in [1.29, 1.82) is 0 Å². The first-order chi connectivity index (χ1) is 10.4. The Morgan fingerprint density at radius 3 is 2.77 bits per heavy atom. The van der Waals surface area contributed by atoms with E-state index in [0.717, 1.165) is 10.6 Å². The third kappa shape index (κ3) is 3.45. The Hall–Kier alpha value is -2.35. The molecule has 0 aromatic carbocycles. The molecule has 0 bridgehead atoms. The van der Waals surface area contributed by atoms with Crippen LogP contribution in [0.3, 0.4) is 0 Å². The molecule has 0 atom stereocenters. The zero-order chi connectivity index (χ0) is 16.3. The fourth-order valence-electron chi connectivity index (χ4n) is 2.03. The summed E-state index contributed by atoms with van der Waals surface area (Å²) in [7, 11) is 1.71. The maximum Gasteiger partial charge on any atom is 0.324 e. The maximum atomic E-state index is 11.7. The fraction of sp³-hybridized carbons (Fsp3) is 0.385. The minimum Gasteiger partial charge on any atom is -0.351 e. The van der Waals surface area contributed by atoms with Crippen molar-refractivity contribution in [2.24, 2.45) is 7.05 Å². The van der Waals surface area contributed by atoms with E-state index in [1.807, 2.05) is 0 Å². The Morgan fingerprint density at radius 2 is 2.23 bits per heavy atom. The molecule has 2 heterocycles. The highest BCUT2D eigenvalue weighted by atomic mass is 35.5. The molecular weight excluding hydrogens is 310 g/mol. The second-order valence-electron chi connectivity index (χ2n) is 4.74. The zero-order valence-corrected chi connectivity index (χ0v) is 13.0. The molecule has 2 N–H and O–H groups in total. The lowest BCUT2D eigenvalue weighted by Gasteiger charge is -2.11. The van der Waals surface area contributed by atoms with Crippen LogP contribution in [0.15, 0.2) is 6.08 Å². The Balaban J connectivity index is 1.84. The molecule has 0 spiro atoms. The van der Waals surface area contributed by atoms with Gasteiger partial charge in [0.15, 0.2) is 0 Å². The molecule has 4 amide bonds. The molecule has 1 saturated heterocycles. The van der Waals surface area contributed by atoms with Crippen LogP contribution in [0.2, 0.25) is 5.15 Å². The normalized spacial score (nSPS) is 14.8. The molecule has 1 fully saturated rings. The first kappa shape index (κ1) is 16.0. The van der Waals surface area contributed by atoms with E-state index in [1.54, 1.807) is 20.0 Å². The summed E-state index contributed by atoms with van der Waals surface area (Å²) in [5.41, 5.74) is 1.39. The number of nitrogens with zero attached hydrogens (tertiary/aromatic N) is 3. The molecule has 0 aliphatic carbocycles. The average molecular weight is 326 g/mol. The fourth-order valence-corrected chi connectivity index (χ4v) is 2.26. The van der Waals surface area contributed by atoms with E-state index in [1.165, 1.54) is 10.8 Å². The largest absolute Gasteiger partial charge is 0.351 e. The molecule has 1 aromatic rings. The number of carbonyl (C=O) groups excluding carboxylic acids is 3. The van der Waals surface area contributed by atoms with Crippen LogP contribution >= 0.6 is 11.6 Å². The molecule has 1 aliphatic heterocycles. The van der Waals surface area contributed by atoms with Gasteiger partial charge in [-0.05, 0) is 13.0 Å². The second kappa shape index (κ2) is 6.61. The van der Waals surface area contributed by atoms with Gasteiger partial charge in [-0.1, -0.05) is 11.6 Å². The number of hydrogen-bond acceptors (Lipinski definition) is 4. The highest BCUT2D eigenvalue weighted by molar-refractivity contribution is 6.31. The Bertz CT molecular complexity index is 636. The summed E-state index contributed by atoms with van der Waals surface area (Å²) in [6, 6.07) is -0.437. The van der Waals surface area contributed by atoms with Crippen LogP contribution in [0.25, 0.3) is 6.08 Å². The molecule has 0 radical (unpaired) electrons. The Kier molecular flexibility index (Phi) is 4.81. The first-order valence-electron chi connectivity index (χ1n) is 6.63. The van der Waals surface area contributed by atoms with Gasteiger partial charge in [-0.2, -0.15) is 5.10 Å². The third-order valence-electron chi connectivity index (χ3n) is 3.17. The van der Waals surface area contributed by atoms with E-state index >= 15 is 0 Å². The maximum absolute atomic E-state index is 11.7. The van der Waals surface area contributed by atoms with Crippen molar-refractivity contribution in [3.05, 3.63) is 22.5 Å². The van der Waals surface area contributed by atoms with Crippen molar-refractivity contribution in [1.82, 2.24) is 25.3 Å². The van der Waals surface area contributed by atoms with Gasteiger partial charge in [0.05, 0.1) is 12.2 Å². The molecule has 0 unspecified atom stereocenters. The van der Waals surface area contributed by atoms with Gasteiger partial charge in [0.25, 0.3) is 0 Å². The molecule has 9 heteroatoms. The van der Waals surface area contributed by atoms with Gasteiger partial charge in [0.2, 0.25) is 11.8 Å². The minimum absolute atomic E-state index is 0.00542. The SMILES string of the molecule is Cc1nn(C)c(Cl)c1C=CC(=O)NCCN1C(=O)CNC1=O. The van der Waals surface area contributed by atoms with E-state index < -0.39 is 6.03 Å². The number of halogens is 1. The Morgan fingerprint density at radius 1 is 1.50 bits per heavy atom. The lowest BCUT2D eigenvalue weighted by molar-refractivity contribution is -0.125. The average Bonchev–Trinajstić information content (AvgIpc) is 2.90. The van der Waals surface area contributed by atoms with Crippen LogP contribution in [-0.2, 0) is 16.6 Å². The number of imide groups is 1. The highest BCUT2D eigenvalue weighted by Crippen LogP contribution is 2.19. The molecule has 0 saturated carbocycles. The van der Waals surface area contributed by atoms with Crippen LogP contribution in [-0.4, -0.2) is 52.2 Å². The lowest BCUT2D eigenvalue weighted by atomic mass is 10.2. The first-order valence-corrected chi connectivity index (χ1v) is 7.01. The van der Waals surface area contributed by atoms with Crippen molar-refractivity contribution in [3.8, 4) is 0 Å². The summed E-state index contributed by atoms with van der Waals surface area (Å²) in [5, 5.41) is 9.58. The van der Waals surface area contributed by atoms with E-state index in [0.29, 0.717) is 10.7 Å². The molecule has 1 aromatic heterocycles. The van der Waals surface area contributed by atoms with Crippen LogP contribution < -0.4 is 10.6 Å². The number of amides is 4. The van der Waals surface area contributed by atoms with Crippen molar-refractivity contribution in [2.75, 3.05) is 19.6 Å². The molecular formula is C13H16ClN5O3. The van der Waals surface area contributed by atoms with Gasteiger partial charge in [0.1, 0.15) is 5.15 Å². The lowest BCUT2D eigenvalue weighted by Crippen LogP contribution is -2.38. The third-order valence-corrected chi connectivity index (χ3v) is 3.62. The number of carbonyl (C=O) groups is 3. The van der Waals surface area contributed by atoms with Crippen molar-refractivity contribution in [2.45, 2.75) is 6.92 Å². The van der Waals surface area contributed by atoms with E-state index in [9.17, 15) is 14.4 Å². The molecule has 2 rings (SSSR count). The summed E-state index contributed by atoms with van der Waals surface area (Å²) in [6.07, 6.45) is 2.91. The molecule has 1 aliphatic rings. The number of nitrogens with one attached hydrogen (secondary N) is 2. The van der Waals surface area contributed by atoms with Gasteiger partial charge in [-0.3, -0.25) is 19.2 Å². The smallest absolute Gasteiger partial charge is 0.324 e. The van der Waals surface area contributed by atoms with Gasteiger partial charge in [-0.15, -0.1) is 0 Å². The number of hydrogen-bond donors (Lipinski definition) is 2. The quantitative estimate of drug-likeness (QED) is 0.591. The molecule has 118 valence electrons. The number of urea groups is 1. The summed E-state index contributed by atoms with van der Waals surface area (Å²) in [5.74, 6) is -0.640. The van der Waals surface area contributed by atoms with E-state index in [2.05, 4.69) is 15.7 Å². The number of rotatable bonds is 5. The van der Waals surface area contributed by atoms with Crippen molar-refractivity contribution >= 4 is 35.5 Å². The Labute approximate surface area is 132 Å². The van der Waals surface area contributed by atoms with Crippen LogP contribution in [0.1, 0.15) is 11.3 Å². The van der Waals surface area contributed by atoms with Crippen molar-refractivity contribution in [3.63, 3.8) is 0 Å². The molecule has 22 heavy (non-hydrogen) atoms. The van der Waals surface area contributed by atoms with Crippen LogP contribution in [0, 0.1) is 6.92 Å². The molecule has 8 nitrogen and oxygen atoms in total. The van der Waals surface area contributed by atoms with Gasteiger partial charge in [-0.25, -0.2) is 4.79 Å².